The molecule has 1 aromatic rings. The number of para-hydroxylation sites is 2. The van der Waals surface area contributed by atoms with E-state index in [9.17, 15) is 9.59 Å². The summed E-state index contributed by atoms with van der Waals surface area (Å²) in [5.74, 6) is -1.46. The molecule has 6 heteroatoms. The van der Waals surface area contributed by atoms with E-state index < -0.39 is 24.1 Å². The molecular formula is C11H10O6. The van der Waals surface area contributed by atoms with Crippen LogP contribution >= 0.6 is 0 Å². The van der Waals surface area contributed by atoms with Gasteiger partial charge in [0.1, 0.15) is 0 Å². The van der Waals surface area contributed by atoms with E-state index in [0.717, 1.165) is 7.11 Å². The lowest BCUT2D eigenvalue weighted by atomic mass is 10.1. The number of ether oxygens (including phenoxy) is 3. The molecule has 0 aliphatic carbocycles. The second-order valence-corrected chi connectivity index (χ2v) is 3.39. The smallest absolute Gasteiger partial charge is 0.351 e. The van der Waals surface area contributed by atoms with Crippen molar-refractivity contribution < 1.29 is 28.9 Å². The second kappa shape index (κ2) is 4.32. The largest absolute Gasteiger partial charge is 0.478 e. The van der Waals surface area contributed by atoms with Crippen LogP contribution in [0.4, 0.5) is 0 Å². The zero-order valence-corrected chi connectivity index (χ0v) is 8.95. The van der Waals surface area contributed by atoms with E-state index in [0.29, 0.717) is 11.5 Å². The summed E-state index contributed by atoms with van der Waals surface area (Å²) in [7, 11) is 1.16. The molecule has 0 fully saturated rings. The Morgan fingerprint density at radius 1 is 1.18 bits per heavy atom. The Hall–Kier alpha value is -2.24. The SMILES string of the molecule is COC(=O)C1Oc2ccccc2OC1C(=O)O. The van der Waals surface area contributed by atoms with Crippen LogP contribution in [0.1, 0.15) is 0 Å². The Balaban J connectivity index is 2.34. The van der Waals surface area contributed by atoms with Gasteiger partial charge in [-0.15, -0.1) is 0 Å². The Morgan fingerprint density at radius 3 is 2.18 bits per heavy atom. The molecule has 0 aromatic heterocycles. The Labute approximate surface area is 96.7 Å². The number of carboxylic acid groups (broad SMARTS) is 1. The summed E-state index contributed by atoms with van der Waals surface area (Å²) in [6.07, 6.45) is -2.70. The van der Waals surface area contributed by atoms with Gasteiger partial charge in [0.25, 0.3) is 0 Å². The van der Waals surface area contributed by atoms with Crippen molar-refractivity contribution in [1.82, 2.24) is 0 Å². The number of carboxylic acids is 1. The third-order valence-corrected chi connectivity index (χ3v) is 2.31. The number of esters is 1. The maximum atomic E-state index is 11.4. The van der Waals surface area contributed by atoms with Gasteiger partial charge in [0.15, 0.2) is 11.5 Å². The van der Waals surface area contributed by atoms with Crippen LogP contribution < -0.4 is 9.47 Å². The molecule has 0 spiro atoms. The Bertz CT molecular complexity index is 455. The number of rotatable bonds is 2. The zero-order chi connectivity index (χ0) is 12.4. The molecule has 0 bridgehead atoms. The van der Waals surface area contributed by atoms with Crippen molar-refractivity contribution in [3.05, 3.63) is 24.3 Å². The van der Waals surface area contributed by atoms with Gasteiger partial charge in [-0.25, -0.2) is 9.59 Å². The van der Waals surface area contributed by atoms with Crippen molar-refractivity contribution in [2.24, 2.45) is 0 Å². The van der Waals surface area contributed by atoms with Crippen LogP contribution in [-0.4, -0.2) is 36.4 Å². The standard InChI is InChI=1S/C11H10O6/c1-15-11(14)9-8(10(12)13)16-6-4-2-3-5-7(6)17-9/h2-5,8-9H,1H3,(H,12,13). The first-order valence-electron chi connectivity index (χ1n) is 4.86. The fraction of sp³-hybridized carbons (Fsp3) is 0.273. The first kappa shape index (κ1) is 11.3. The van der Waals surface area contributed by atoms with E-state index in [-0.39, 0.29) is 0 Å². The number of aliphatic carboxylic acids is 1. The van der Waals surface area contributed by atoms with Gasteiger partial charge >= 0.3 is 11.9 Å². The van der Waals surface area contributed by atoms with Crippen molar-refractivity contribution in [2.45, 2.75) is 12.2 Å². The highest BCUT2D eigenvalue weighted by atomic mass is 16.6. The number of fused-ring (bicyclic) bond motifs is 1. The molecule has 1 aromatic carbocycles. The predicted octanol–water partition coefficient (Wildman–Crippen LogP) is 0.453. The van der Waals surface area contributed by atoms with Crippen LogP contribution in [0.2, 0.25) is 0 Å². The van der Waals surface area contributed by atoms with E-state index in [1.807, 2.05) is 0 Å². The fourth-order valence-corrected chi connectivity index (χ4v) is 1.51. The van der Waals surface area contributed by atoms with Gasteiger partial charge in [-0.05, 0) is 12.1 Å². The van der Waals surface area contributed by atoms with Gasteiger partial charge in [-0.3, -0.25) is 0 Å². The van der Waals surface area contributed by atoms with E-state index in [1.165, 1.54) is 0 Å². The van der Waals surface area contributed by atoms with Gasteiger partial charge in [0.05, 0.1) is 7.11 Å². The number of carbonyl (C=O) groups excluding carboxylic acids is 1. The lowest BCUT2D eigenvalue weighted by Crippen LogP contribution is -2.50. The number of carbonyl (C=O) groups is 2. The highest BCUT2D eigenvalue weighted by Gasteiger charge is 2.42. The van der Waals surface area contributed by atoms with Crippen LogP contribution in [0, 0.1) is 0 Å². The molecule has 0 radical (unpaired) electrons. The summed E-state index contributed by atoms with van der Waals surface area (Å²) in [5.41, 5.74) is 0. The third-order valence-electron chi connectivity index (χ3n) is 2.31. The van der Waals surface area contributed by atoms with Crippen LogP contribution in [0.3, 0.4) is 0 Å². The molecule has 1 N–H and O–H groups in total. The maximum Gasteiger partial charge on any atom is 0.351 e. The maximum absolute atomic E-state index is 11.4. The summed E-state index contributed by atoms with van der Waals surface area (Å²) in [6.45, 7) is 0. The van der Waals surface area contributed by atoms with Crippen molar-refractivity contribution in [3.63, 3.8) is 0 Å². The van der Waals surface area contributed by atoms with Gasteiger partial charge < -0.3 is 19.3 Å². The molecular weight excluding hydrogens is 228 g/mol. The van der Waals surface area contributed by atoms with Crippen LogP contribution in [0.15, 0.2) is 24.3 Å². The molecule has 2 atom stereocenters. The van der Waals surface area contributed by atoms with E-state index in [4.69, 9.17) is 14.6 Å². The predicted molar refractivity (Wildman–Crippen MR) is 54.9 cm³/mol. The first-order chi connectivity index (χ1) is 8.13. The van der Waals surface area contributed by atoms with Gasteiger partial charge in [0, 0.05) is 0 Å². The lowest BCUT2D eigenvalue weighted by Gasteiger charge is -2.29. The number of hydrogen-bond acceptors (Lipinski definition) is 5. The lowest BCUT2D eigenvalue weighted by molar-refractivity contribution is -0.166. The molecule has 1 heterocycles. The summed E-state index contributed by atoms with van der Waals surface area (Å²) < 4.78 is 15.0. The van der Waals surface area contributed by atoms with Gasteiger partial charge in [0.2, 0.25) is 12.2 Å². The molecule has 0 saturated heterocycles. The van der Waals surface area contributed by atoms with Crippen molar-refractivity contribution in [1.29, 1.82) is 0 Å². The Kier molecular flexibility index (Phi) is 2.86. The van der Waals surface area contributed by atoms with Crippen LogP contribution in [0.25, 0.3) is 0 Å². The molecule has 0 saturated carbocycles. The fourth-order valence-electron chi connectivity index (χ4n) is 1.51. The molecule has 0 amide bonds. The minimum absolute atomic E-state index is 0.292. The number of benzene rings is 1. The topological polar surface area (TPSA) is 82.1 Å². The van der Waals surface area contributed by atoms with Crippen molar-refractivity contribution in [2.75, 3.05) is 7.11 Å². The summed E-state index contributed by atoms with van der Waals surface area (Å²) in [4.78, 5) is 22.4. The molecule has 6 nitrogen and oxygen atoms in total. The van der Waals surface area contributed by atoms with Gasteiger partial charge in [-0.1, -0.05) is 12.1 Å². The van der Waals surface area contributed by atoms with Crippen LogP contribution in [0.5, 0.6) is 11.5 Å². The highest BCUT2D eigenvalue weighted by molar-refractivity contribution is 5.86. The summed E-state index contributed by atoms with van der Waals surface area (Å²) in [6, 6.07) is 6.53. The van der Waals surface area contributed by atoms with Crippen LogP contribution in [-0.2, 0) is 14.3 Å². The van der Waals surface area contributed by atoms with E-state index >= 15 is 0 Å². The number of methoxy groups -OCH3 is 1. The van der Waals surface area contributed by atoms with Crippen molar-refractivity contribution >= 4 is 11.9 Å². The summed E-state index contributed by atoms with van der Waals surface area (Å²) in [5, 5.41) is 8.97. The Morgan fingerprint density at radius 2 is 1.71 bits per heavy atom. The monoisotopic (exact) mass is 238 g/mol. The normalized spacial score (nSPS) is 21.7. The molecule has 1 aliphatic heterocycles. The zero-order valence-electron chi connectivity index (χ0n) is 8.95. The third kappa shape index (κ3) is 2.01. The van der Waals surface area contributed by atoms with Gasteiger partial charge in [-0.2, -0.15) is 0 Å². The average Bonchev–Trinajstić information content (AvgIpc) is 2.36. The molecule has 17 heavy (non-hydrogen) atoms. The van der Waals surface area contributed by atoms with E-state index in [1.54, 1.807) is 24.3 Å². The summed E-state index contributed by atoms with van der Waals surface area (Å²) >= 11 is 0. The minimum atomic E-state index is -1.41. The molecule has 90 valence electrons. The minimum Gasteiger partial charge on any atom is -0.478 e. The van der Waals surface area contributed by atoms with Crippen molar-refractivity contribution in [3.8, 4) is 11.5 Å². The highest BCUT2D eigenvalue weighted by Crippen LogP contribution is 2.33. The first-order valence-corrected chi connectivity index (χ1v) is 4.86. The quantitative estimate of drug-likeness (QED) is 0.753. The second-order valence-electron chi connectivity index (χ2n) is 3.39. The molecule has 2 unspecified atom stereocenters. The van der Waals surface area contributed by atoms with E-state index in [2.05, 4.69) is 4.74 Å². The molecule has 1 aliphatic rings. The average molecular weight is 238 g/mol. The number of hydrogen-bond donors (Lipinski definition) is 1. The molecule has 2 rings (SSSR count).